The van der Waals surface area contributed by atoms with E-state index in [1.807, 2.05) is 30.3 Å². The number of hydrogen-bond donors (Lipinski definition) is 6. The van der Waals surface area contributed by atoms with Crippen molar-refractivity contribution in [2.24, 2.45) is 0 Å². The predicted molar refractivity (Wildman–Crippen MR) is 239 cm³/mol. The molecule has 0 bridgehead atoms. The van der Waals surface area contributed by atoms with Crippen LogP contribution in [0.25, 0.3) is 0 Å². The molecule has 0 spiro atoms. The van der Waals surface area contributed by atoms with E-state index in [-0.39, 0.29) is 63.0 Å². The number of para-hydroxylation sites is 1. The Morgan fingerprint density at radius 3 is 2.55 bits per heavy atom. The number of urea groups is 1. The largest absolute Gasteiger partial charge is 0.388 e. The zero-order valence-corrected chi connectivity index (χ0v) is 36.0. The highest BCUT2D eigenvalue weighted by atomic mass is 35.5. The first-order chi connectivity index (χ1) is 31.1. The standard InChI is InChI=1S/C45H49ClN10O8/c1-47-41(59)34-9-2-3-11-37(34)51-40-36(46)25-49-44(53-40)50-30-12-14-31(15-13-30)54-19-21-55(22-20-54)45(62)48-18-6-24-64-28-32(57)27-63-23-5-8-29-7-4-10-33-35(29)26-56(43(33)61)38-16-17-39(58)52-42(38)60/h2-4,7,9-15,25,32,38,57H,6,16-24,26-28H2,1H3,(H,47,59)(H,48,62)(H,52,58,60)(H2,49,50,51,53). The molecule has 19 heteroatoms. The van der Waals surface area contributed by atoms with Crippen molar-refractivity contribution in [1.29, 1.82) is 0 Å². The number of anilines is 5. The van der Waals surface area contributed by atoms with E-state index in [9.17, 15) is 29.1 Å². The number of hydrogen-bond acceptors (Lipinski definition) is 13. The minimum Gasteiger partial charge on any atom is -0.388 e. The molecule has 4 aromatic rings. The van der Waals surface area contributed by atoms with E-state index in [2.05, 4.69) is 53.3 Å². The Hall–Kier alpha value is -6.78. The number of halogens is 1. The number of ether oxygens (including phenoxy) is 2. The van der Waals surface area contributed by atoms with Crippen molar-refractivity contribution in [2.45, 2.75) is 38.0 Å². The first kappa shape index (κ1) is 45.3. The lowest BCUT2D eigenvalue weighted by molar-refractivity contribution is -0.136. The molecule has 6 N–H and O–H groups in total. The van der Waals surface area contributed by atoms with Gasteiger partial charge in [-0.05, 0) is 66.9 Å². The first-order valence-electron chi connectivity index (χ1n) is 20.9. The van der Waals surface area contributed by atoms with Crippen LogP contribution in [0.5, 0.6) is 0 Å². The molecule has 334 valence electrons. The Morgan fingerprint density at radius 1 is 0.984 bits per heavy atom. The average molecular weight is 893 g/mol. The summed E-state index contributed by atoms with van der Waals surface area (Å²) in [7, 11) is 1.57. The van der Waals surface area contributed by atoms with Crippen LogP contribution in [0.1, 0.15) is 51.1 Å². The number of rotatable bonds is 16. The van der Waals surface area contributed by atoms with E-state index in [4.69, 9.17) is 21.1 Å². The molecule has 2 atom stereocenters. The Labute approximate surface area is 375 Å². The normalized spacial score (nSPS) is 16.3. The van der Waals surface area contributed by atoms with Crippen LogP contribution < -0.4 is 31.5 Å². The van der Waals surface area contributed by atoms with Gasteiger partial charge in [0.05, 0.1) is 30.7 Å². The van der Waals surface area contributed by atoms with Gasteiger partial charge < -0.3 is 50.5 Å². The maximum atomic E-state index is 13.0. The number of piperazine rings is 1. The third kappa shape index (κ3) is 11.4. The molecule has 0 aliphatic carbocycles. The van der Waals surface area contributed by atoms with Crippen molar-refractivity contribution in [3.63, 3.8) is 0 Å². The summed E-state index contributed by atoms with van der Waals surface area (Å²) in [6, 6.07) is 19.3. The quantitative estimate of drug-likeness (QED) is 0.0541. The molecule has 2 saturated heterocycles. The highest BCUT2D eigenvalue weighted by Gasteiger charge is 2.39. The predicted octanol–water partition coefficient (Wildman–Crippen LogP) is 3.41. The Morgan fingerprint density at radius 2 is 1.77 bits per heavy atom. The van der Waals surface area contributed by atoms with Gasteiger partial charge in [-0.2, -0.15) is 4.98 Å². The number of aliphatic hydroxyl groups is 1. The van der Waals surface area contributed by atoms with Gasteiger partial charge in [0.2, 0.25) is 17.8 Å². The molecule has 3 aliphatic heterocycles. The number of nitrogens with one attached hydrogen (secondary N) is 5. The maximum Gasteiger partial charge on any atom is 0.317 e. The van der Waals surface area contributed by atoms with Gasteiger partial charge in [-0.3, -0.25) is 24.5 Å². The van der Waals surface area contributed by atoms with Gasteiger partial charge in [-0.1, -0.05) is 41.6 Å². The van der Waals surface area contributed by atoms with Gasteiger partial charge in [0.25, 0.3) is 11.8 Å². The molecule has 4 heterocycles. The summed E-state index contributed by atoms with van der Waals surface area (Å²) in [4.78, 5) is 76.4. The third-order valence-electron chi connectivity index (χ3n) is 10.8. The molecule has 0 radical (unpaired) electrons. The second-order valence-corrected chi connectivity index (χ2v) is 15.6. The molecular weight excluding hydrogens is 844 g/mol. The molecule has 3 aromatic carbocycles. The molecule has 2 fully saturated rings. The van der Waals surface area contributed by atoms with E-state index in [0.29, 0.717) is 84.9 Å². The van der Waals surface area contributed by atoms with Crippen LogP contribution in [-0.2, 0) is 25.6 Å². The number of amides is 6. The van der Waals surface area contributed by atoms with Crippen LogP contribution in [-0.4, -0.2) is 133 Å². The molecule has 3 aliphatic rings. The number of aliphatic hydroxyl groups excluding tert-OH is 1. The number of carbonyl (C=O) groups is 5. The Kier molecular flexibility index (Phi) is 15.2. The second-order valence-electron chi connectivity index (χ2n) is 15.1. The van der Waals surface area contributed by atoms with E-state index in [1.54, 1.807) is 48.3 Å². The monoisotopic (exact) mass is 892 g/mol. The van der Waals surface area contributed by atoms with Gasteiger partial charge in [-0.15, -0.1) is 0 Å². The van der Waals surface area contributed by atoms with Crippen LogP contribution in [0, 0.1) is 11.8 Å². The van der Waals surface area contributed by atoms with Crippen molar-refractivity contribution in [3.05, 3.63) is 100 Å². The lowest BCUT2D eigenvalue weighted by Gasteiger charge is -2.36. The number of carbonyl (C=O) groups excluding carboxylic acids is 5. The second kappa shape index (κ2) is 21.5. The first-order valence-corrected chi connectivity index (χ1v) is 21.3. The molecule has 2 unspecified atom stereocenters. The minimum atomic E-state index is -0.860. The zero-order chi connectivity index (χ0) is 45.0. The van der Waals surface area contributed by atoms with Crippen molar-refractivity contribution < 1.29 is 38.6 Å². The molecular formula is C45H49ClN10O8. The van der Waals surface area contributed by atoms with Gasteiger partial charge in [0.1, 0.15) is 23.8 Å². The van der Waals surface area contributed by atoms with Crippen LogP contribution in [0.3, 0.4) is 0 Å². The molecule has 1 aromatic heterocycles. The number of aromatic nitrogens is 2. The highest BCUT2D eigenvalue weighted by molar-refractivity contribution is 6.33. The summed E-state index contributed by atoms with van der Waals surface area (Å²) in [6.45, 7) is 3.60. The van der Waals surface area contributed by atoms with E-state index < -0.39 is 18.1 Å². The smallest absolute Gasteiger partial charge is 0.317 e. The van der Waals surface area contributed by atoms with E-state index in [0.717, 1.165) is 16.9 Å². The van der Waals surface area contributed by atoms with E-state index in [1.165, 1.54) is 11.1 Å². The van der Waals surface area contributed by atoms with Crippen LogP contribution in [0.4, 0.5) is 33.6 Å². The van der Waals surface area contributed by atoms with Crippen molar-refractivity contribution in [3.8, 4) is 11.8 Å². The summed E-state index contributed by atoms with van der Waals surface area (Å²) >= 11 is 6.38. The van der Waals surface area contributed by atoms with Crippen LogP contribution in [0.15, 0.2) is 72.9 Å². The van der Waals surface area contributed by atoms with Crippen LogP contribution in [0.2, 0.25) is 5.02 Å². The summed E-state index contributed by atoms with van der Waals surface area (Å²) in [6.07, 6.45) is 1.66. The molecule has 64 heavy (non-hydrogen) atoms. The molecule has 6 amide bonds. The number of benzene rings is 3. The SMILES string of the molecule is CNC(=O)c1ccccc1Nc1nc(Nc2ccc(N3CCN(C(=O)NCCCOCC(O)COCC#Cc4cccc5c4CN(C4CCC(=O)NC4=O)C5=O)CC3)cc2)ncc1Cl. The summed E-state index contributed by atoms with van der Waals surface area (Å²) in [5.74, 6) is 5.32. The highest BCUT2D eigenvalue weighted by Crippen LogP contribution is 2.30. The lowest BCUT2D eigenvalue weighted by Crippen LogP contribution is -2.52. The zero-order valence-electron chi connectivity index (χ0n) is 35.2. The van der Waals surface area contributed by atoms with Gasteiger partial charge in [-0.25, -0.2) is 9.78 Å². The Balaban J connectivity index is 0.754. The fraction of sp³-hybridized carbons (Fsp3) is 0.356. The molecule has 0 saturated carbocycles. The average Bonchev–Trinajstić information content (AvgIpc) is 3.64. The summed E-state index contributed by atoms with van der Waals surface area (Å²) < 4.78 is 11.1. The minimum absolute atomic E-state index is 0.0175. The number of nitrogens with zero attached hydrogens (tertiary/aromatic N) is 5. The van der Waals surface area contributed by atoms with Crippen LogP contribution >= 0.6 is 11.6 Å². The fourth-order valence-corrected chi connectivity index (χ4v) is 7.59. The lowest BCUT2D eigenvalue weighted by atomic mass is 10.0. The number of imide groups is 1. The number of fused-ring (bicyclic) bond motifs is 1. The van der Waals surface area contributed by atoms with Crippen molar-refractivity contribution >= 4 is 70.1 Å². The van der Waals surface area contributed by atoms with Gasteiger partial charge in [0.15, 0.2) is 5.82 Å². The summed E-state index contributed by atoms with van der Waals surface area (Å²) in [5, 5.41) is 24.8. The third-order valence-corrected chi connectivity index (χ3v) is 11.1. The fourth-order valence-electron chi connectivity index (χ4n) is 7.45. The van der Waals surface area contributed by atoms with E-state index >= 15 is 0 Å². The molecule has 7 rings (SSSR count). The van der Waals surface area contributed by atoms with Crippen molar-refractivity contribution in [1.82, 2.24) is 35.7 Å². The topological polar surface area (TPSA) is 220 Å². The van der Waals surface area contributed by atoms with Crippen molar-refractivity contribution in [2.75, 3.05) is 81.7 Å². The van der Waals surface area contributed by atoms with Gasteiger partial charge in [0, 0.05) is 81.8 Å². The van der Waals surface area contributed by atoms with Gasteiger partial charge >= 0.3 is 6.03 Å². The Bertz CT molecular complexity index is 2420. The molecule has 18 nitrogen and oxygen atoms in total. The number of piperidine rings is 1. The summed E-state index contributed by atoms with van der Waals surface area (Å²) in [5.41, 5.74) is 4.66. The maximum absolute atomic E-state index is 13.0.